The van der Waals surface area contributed by atoms with Gasteiger partial charge < -0.3 is 59.4 Å². The van der Waals surface area contributed by atoms with Crippen molar-refractivity contribution in [2.24, 2.45) is 0 Å². The Labute approximate surface area is 302 Å². The average molecular weight is 782 g/mol. The Morgan fingerprint density at radius 1 is 0.880 bits per heavy atom. The van der Waals surface area contributed by atoms with Gasteiger partial charge in [-0.1, -0.05) is 36.5 Å². The van der Waals surface area contributed by atoms with Crippen LogP contribution in [0, 0.1) is 10.1 Å². The molecule has 0 radical (unpaired) electrons. The second-order valence-electron chi connectivity index (χ2n) is 9.48. The molecule has 0 aliphatic heterocycles. The molecule has 0 spiro atoms. The molecular formula is C28H43Cl3N4O15. The first-order valence-electron chi connectivity index (χ1n) is 14.3. The number of halogens is 3. The highest BCUT2D eigenvalue weighted by molar-refractivity contribution is 6.61. The second kappa shape index (κ2) is 29.2. The number of carbonyl (C=O) groups is 3. The smallest absolute Gasteiger partial charge is 0.412 e. The van der Waals surface area contributed by atoms with E-state index >= 15 is 0 Å². The van der Waals surface area contributed by atoms with E-state index in [0.717, 1.165) is 16.2 Å². The average Bonchev–Trinajstić information content (AvgIpc) is 3.08. The molecule has 0 saturated carbocycles. The Balaban J connectivity index is 0. The molecule has 2 aromatic rings. The Morgan fingerprint density at radius 2 is 1.40 bits per heavy atom. The minimum Gasteiger partial charge on any atom is -0.455 e. The summed E-state index contributed by atoms with van der Waals surface area (Å²) >= 11 is 14.6. The zero-order valence-electron chi connectivity index (χ0n) is 27.5. The third kappa shape index (κ3) is 22.2. The van der Waals surface area contributed by atoms with Crippen LogP contribution in [0.2, 0.25) is 0 Å². The number of hydrogen-bond acceptors (Lipinski definition) is 16. The van der Waals surface area contributed by atoms with Crippen molar-refractivity contribution in [1.29, 1.82) is 0 Å². The number of ether oxygens (including phenoxy) is 4. The van der Waals surface area contributed by atoms with Crippen molar-refractivity contribution in [1.82, 2.24) is 14.8 Å². The quantitative estimate of drug-likeness (QED) is 0.0377. The monoisotopic (exact) mass is 780 g/mol. The molecular weight excluding hydrogens is 739 g/mol. The molecule has 19 nitrogen and oxygen atoms in total. The first-order chi connectivity index (χ1) is 23.6. The van der Waals surface area contributed by atoms with E-state index < -0.39 is 60.9 Å². The molecule has 2 rings (SSSR count). The number of aliphatic hydroxyl groups is 6. The molecule has 50 heavy (non-hydrogen) atoms. The molecule has 3 unspecified atom stereocenters. The van der Waals surface area contributed by atoms with Crippen LogP contribution in [-0.2, 0) is 14.2 Å². The van der Waals surface area contributed by atoms with Crippen molar-refractivity contribution in [3.63, 3.8) is 0 Å². The van der Waals surface area contributed by atoms with Crippen molar-refractivity contribution in [2.75, 3.05) is 65.9 Å². The van der Waals surface area contributed by atoms with Gasteiger partial charge in [-0.05, 0) is 24.6 Å². The standard InChI is InChI=1S/C15H17N3O7.C6H12ClNO4.C5H12O2.C2H2Cl2O2/c1-17(7-10(20)8-19)15(21)25-9-24-13-5-4-12(18(22)23)11-3-2-6-16-14(11)13;1-8(2-5(10)3-9)6(11)12-4-7;1-2-3-5(7)4-6;3-1-6-2(4)5/h2-6,10,19-20H,7-9H2,1H3;5,9-10H,2-4H2,1H3;5-7H,2-4H2,1H3;1H2. The van der Waals surface area contributed by atoms with Crippen LogP contribution in [-0.4, -0.2) is 152 Å². The summed E-state index contributed by atoms with van der Waals surface area (Å²) in [6.07, 6.45) is -0.791. The Hall–Kier alpha value is -3.53. The summed E-state index contributed by atoms with van der Waals surface area (Å²) in [6.45, 7) is 0.477. The third-order valence-corrected chi connectivity index (χ3v) is 5.82. The summed E-state index contributed by atoms with van der Waals surface area (Å²) in [7, 11) is 2.83. The van der Waals surface area contributed by atoms with Crippen LogP contribution in [0.15, 0.2) is 30.5 Å². The summed E-state index contributed by atoms with van der Waals surface area (Å²) in [4.78, 5) is 48.8. The van der Waals surface area contributed by atoms with Gasteiger partial charge in [-0.2, -0.15) is 0 Å². The molecule has 0 bridgehead atoms. The molecule has 0 aliphatic rings. The number of likely N-dealkylation sites (N-methyl/N-ethyl adjacent to an activating group) is 2. The number of amides is 2. The van der Waals surface area contributed by atoms with Crippen LogP contribution in [0.5, 0.6) is 5.75 Å². The lowest BCUT2D eigenvalue weighted by molar-refractivity contribution is -0.383. The molecule has 6 N–H and O–H groups in total. The maximum atomic E-state index is 11.7. The fourth-order valence-electron chi connectivity index (χ4n) is 3.18. The summed E-state index contributed by atoms with van der Waals surface area (Å²) in [6, 6.07) is 5.37. The lowest BCUT2D eigenvalue weighted by Crippen LogP contribution is -2.36. The molecule has 286 valence electrons. The largest absolute Gasteiger partial charge is 0.455 e. The SMILES string of the molecule is CCCC(O)CO.CN(CC(O)CO)C(=O)OCCl.CN(CC(O)CO)C(=O)OCOc1ccc([N+](=O)[O-])c2cccnc12.O=C(Cl)OCCl. The Bertz CT molecular complexity index is 1270. The summed E-state index contributed by atoms with van der Waals surface area (Å²) < 4.78 is 18.6. The first kappa shape index (κ1) is 48.6. The van der Waals surface area contributed by atoms with Crippen LogP contribution in [0.1, 0.15) is 19.8 Å². The van der Waals surface area contributed by atoms with Crippen molar-refractivity contribution < 1.29 is 68.9 Å². The predicted molar refractivity (Wildman–Crippen MR) is 180 cm³/mol. The van der Waals surface area contributed by atoms with Crippen LogP contribution in [0.4, 0.5) is 20.1 Å². The number of pyridine rings is 1. The minimum absolute atomic E-state index is 0.0201. The molecule has 3 atom stereocenters. The van der Waals surface area contributed by atoms with Crippen LogP contribution < -0.4 is 4.74 Å². The zero-order chi connectivity index (χ0) is 38.6. The predicted octanol–water partition coefficient (Wildman–Crippen LogP) is 2.20. The minimum atomic E-state index is -1.07. The number of benzene rings is 1. The molecule has 1 aromatic carbocycles. The fraction of sp³-hybridized carbons (Fsp3) is 0.571. The van der Waals surface area contributed by atoms with E-state index in [4.69, 9.17) is 58.2 Å². The van der Waals surface area contributed by atoms with Gasteiger partial charge in [0.15, 0.2) is 12.1 Å². The number of nitro benzene ring substituents is 1. The third-order valence-electron chi connectivity index (χ3n) is 5.50. The number of aromatic nitrogens is 1. The highest BCUT2D eigenvalue weighted by Gasteiger charge is 2.18. The summed E-state index contributed by atoms with van der Waals surface area (Å²) in [5.41, 5.74) is -0.702. The van der Waals surface area contributed by atoms with E-state index in [2.05, 4.69) is 26.1 Å². The van der Waals surface area contributed by atoms with E-state index in [1.54, 1.807) is 12.1 Å². The van der Waals surface area contributed by atoms with Gasteiger partial charge >= 0.3 is 17.6 Å². The van der Waals surface area contributed by atoms with Crippen molar-refractivity contribution in [3.05, 3.63) is 40.6 Å². The van der Waals surface area contributed by atoms with Gasteiger partial charge in [0.25, 0.3) is 5.69 Å². The van der Waals surface area contributed by atoms with Gasteiger partial charge in [0, 0.05) is 38.0 Å². The van der Waals surface area contributed by atoms with E-state index in [1.165, 1.54) is 32.4 Å². The lowest BCUT2D eigenvalue weighted by atomic mass is 10.1. The van der Waals surface area contributed by atoms with E-state index in [0.29, 0.717) is 11.8 Å². The van der Waals surface area contributed by atoms with Crippen LogP contribution >= 0.6 is 34.8 Å². The topological polar surface area (TPSA) is 272 Å². The molecule has 0 aliphatic carbocycles. The Morgan fingerprint density at radius 3 is 1.80 bits per heavy atom. The van der Waals surface area contributed by atoms with Gasteiger partial charge in [-0.15, -0.1) is 0 Å². The van der Waals surface area contributed by atoms with Gasteiger partial charge in [0.2, 0.25) is 6.79 Å². The zero-order valence-corrected chi connectivity index (χ0v) is 29.7. The summed E-state index contributed by atoms with van der Waals surface area (Å²) in [5, 5.41) is 63.5. The first-order valence-corrected chi connectivity index (χ1v) is 15.8. The van der Waals surface area contributed by atoms with Crippen LogP contribution in [0.25, 0.3) is 10.9 Å². The maximum Gasteiger partial charge on any atom is 0.412 e. The molecule has 0 fully saturated rings. The number of hydrogen-bond donors (Lipinski definition) is 6. The second-order valence-corrected chi connectivity index (χ2v) is 10.2. The number of carbonyl (C=O) groups excluding carboxylic acids is 3. The lowest BCUT2D eigenvalue weighted by Gasteiger charge is -2.19. The molecule has 1 heterocycles. The number of fused-ring (bicyclic) bond motifs is 1. The Kier molecular flexibility index (Phi) is 28.4. The number of alkyl halides is 2. The van der Waals surface area contributed by atoms with Gasteiger partial charge in [-0.25, -0.2) is 14.4 Å². The highest BCUT2D eigenvalue weighted by Crippen LogP contribution is 2.31. The fourth-order valence-corrected chi connectivity index (χ4v) is 3.48. The number of nitrogens with zero attached hydrogens (tertiary/aromatic N) is 4. The number of non-ortho nitro benzene ring substituents is 1. The summed E-state index contributed by atoms with van der Waals surface area (Å²) in [5.74, 6) is 0.229. The van der Waals surface area contributed by atoms with Crippen molar-refractivity contribution in [3.8, 4) is 5.75 Å². The maximum absolute atomic E-state index is 11.7. The molecule has 2 amide bonds. The number of rotatable bonds is 15. The van der Waals surface area contributed by atoms with E-state index in [-0.39, 0.29) is 48.8 Å². The number of aliphatic hydroxyl groups excluding tert-OH is 6. The van der Waals surface area contributed by atoms with Gasteiger partial charge in [0.05, 0.1) is 61.5 Å². The van der Waals surface area contributed by atoms with E-state index in [9.17, 15) is 29.6 Å². The van der Waals surface area contributed by atoms with Crippen LogP contribution in [0.3, 0.4) is 0 Å². The van der Waals surface area contributed by atoms with Crippen molar-refractivity contribution >= 4 is 69.0 Å². The normalized spacial score (nSPS) is 11.8. The van der Waals surface area contributed by atoms with Crippen molar-refractivity contribution in [2.45, 2.75) is 38.1 Å². The molecule has 22 heteroatoms. The number of nitro groups is 1. The molecule has 1 aromatic heterocycles. The molecule has 0 saturated heterocycles. The van der Waals surface area contributed by atoms with E-state index in [1.807, 2.05) is 6.92 Å². The van der Waals surface area contributed by atoms with Gasteiger partial charge in [0.1, 0.15) is 11.3 Å². The highest BCUT2D eigenvalue weighted by atomic mass is 35.5. The van der Waals surface area contributed by atoms with Gasteiger partial charge in [-0.3, -0.25) is 15.1 Å².